The van der Waals surface area contributed by atoms with Gasteiger partial charge in [0.25, 0.3) is 15.9 Å². The molecule has 0 spiro atoms. The van der Waals surface area contributed by atoms with Gasteiger partial charge in [-0.3, -0.25) is 4.79 Å². The Hall–Kier alpha value is -1.64. The lowest BCUT2D eigenvalue weighted by molar-refractivity contribution is 0.0935. The quantitative estimate of drug-likeness (QED) is 0.879. The molecule has 0 radical (unpaired) electrons. The van der Waals surface area contributed by atoms with E-state index in [1.165, 1.54) is 0 Å². The van der Waals surface area contributed by atoms with E-state index in [1.807, 2.05) is 24.4 Å². The molecule has 0 bridgehead atoms. The van der Waals surface area contributed by atoms with Gasteiger partial charge >= 0.3 is 0 Å². The zero-order valence-electron chi connectivity index (χ0n) is 10.7. The third kappa shape index (κ3) is 3.27. The first-order valence-corrected chi connectivity index (χ1v) is 8.30. The third-order valence-corrected chi connectivity index (χ3v) is 4.48. The maximum Gasteiger partial charge on any atom is 0.271 e. The lowest BCUT2D eigenvalue weighted by Gasteiger charge is -2.14. The second kappa shape index (κ2) is 5.78. The van der Waals surface area contributed by atoms with Crippen molar-refractivity contribution in [1.82, 2.24) is 5.32 Å². The summed E-state index contributed by atoms with van der Waals surface area (Å²) in [5.74, 6) is -0.399. The zero-order valence-corrected chi connectivity index (χ0v) is 12.3. The summed E-state index contributed by atoms with van der Waals surface area (Å²) in [7, 11) is -3.94. The molecule has 20 heavy (non-hydrogen) atoms. The van der Waals surface area contributed by atoms with Crippen molar-refractivity contribution in [2.45, 2.75) is 24.5 Å². The summed E-state index contributed by atoms with van der Waals surface area (Å²) < 4.78 is 27.0. The van der Waals surface area contributed by atoms with Crippen LogP contribution in [-0.2, 0) is 10.0 Å². The highest BCUT2D eigenvalue weighted by molar-refractivity contribution is 7.89. The second-order valence-corrected chi connectivity index (χ2v) is 6.62. The van der Waals surface area contributed by atoms with Gasteiger partial charge in [-0.1, -0.05) is 13.0 Å². The van der Waals surface area contributed by atoms with Crippen molar-refractivity contribution < 1.29 is 17.6 Å². The van der Waals surface area contributed by atoms with Crippen LogP contribution in [0.5, 0.6) is 0 Å². The molecule has 1 amide bonds. The molecule has 108 valence electrons. The van der Waals surface area contributed by atoms with Gasteiger partial charge in [-0.25, -0.2) is 13.6 Å². The van der Waals surface area contributed by atoms with Gasteiger partial charge in [0.15, 0.2) is 0 Å². The van der Waals surface area contributed by atoms with E-state index in [1.54, 1.807) is 11.3 Å². The molecule has 0 aromatic carbocycles. The largest absolute Gasteiger partial charge is 0.451 e. The maximum absolute atomic E-state index is 12.0. The summed E-state index contributed by atoms with van der Waals surface area (Å²) in [6, 6.07) is 4.84. The zero-order chi connectivity index (χ0) is 14.8. The third-order valence-electron chi connectivity index (χ3n) is 2.72. The van der Waals surface area contributed by atoms with Crippen molar-refractivity contribution in [2.75, 3.05) is 0 Å². The van der Waals surface area contributed by atoms with Crippen LogP contribution < -0.4 is 10.5 Å². The van der Waals surface area contributed by atoms with E-state index in [2.05, 4.69) is 5.32 Å². The summed E-state index contributed by atoms with van der Waals surface area (Å²) >= 11 is 1.55. The number of hydrogen-bond acceptors (Lipinski definition) is 5. The predicted molar refractivity (Wildman–Crippen MR) is 74.9 cm³/mol. The van der Waals surface area contributed by atoms with Crippen molar-refractivity contribution in [3.63, 3.8) is 0 Å². The first kappa shape index (κ1) is 14.8. The van der Waals surface area contributed by atoms with Gasteiger partial charge in [0.1, 0.15) is 6.26 Å². The molecule has 0 saturated heterocycles. The Morgan fingerprint density at radius 2 is 2.30 bits per heavy atom. The normalized spacial score (nSPS) is 13.1. The van der Waals surface area contributed by atoms with Crippen molar-refractivity contribution in [3.8, 4) is 0 Å². The number of hydrogen-bond donors (Lipinski definition) is 2. The summed E-state index contributed by atoms with van der Waals surface area (Å²) in [6.45, 7) is 1.95. The average Bonchev–Trinajstić information content (AvgIpc) is 3.04. The number of furan rings is 1. The number of nitrogens with one attached hydrogen (secondary N) is 1. The Bertz CT molecular complexity index is 689. The molecule has 0 saturated carbocycles. The van der Waals surface area contributed by atoms with Crippen LogP contribution in [0.2, 0.25) is 0 Å². The molecule has 0 fully saturated rings. The smallest absolute Gasteiger partial charge is 0.271 e. The number of nitrogens with two attached hydrogens (primary N) is 1. The molecule has 0 unspecified atom stereocenters. The van der Waals surface area contributed by atoms with E-state index in [9.17, 15) is 13.2 Å². The van der Waals surface area contributed by atoms with Crippen molar-refractivity contribution >= 4 is 27.3 Å². The molecule has 0 aliphatic rings. The van der Waals surface area contributed by atoms with Crippen molar-refractivity contribution in [1.29, 1.82) is 0 Å². The van der Waals surface area contributed by atoms with Gasteiger partial charge in [0, 0.05) is 10.9 Å². The number of sulfonamides is 1. The number of carbonyl (C=O) groups is 1. The first-order chi connectivity index (χ1) is 9.41. The van der Waals surface area contributed by atoms with Gasteiger partial charge < -0.3 is 9.73 Å². The average molecular weight is 314 g/mol. The first-order valence-electron chi connectivity index (χ1n) is 5.87. The summed E-state index contributed by atoms with van der Waals surface area (Å²) in [6.07, 6.45) is 1.81. The fourth-order valence-electron chi connectivity index (χ4n) is 1.69. The van der Waals surface area contributed by atoms with Crippen molar-refractivity contribution in [2.24, 2.45) is 5.14 Å². The number of thiophene rings is 1. The Balaban J connectivity index is 2.14. The van der Waals surface area contributed by atoms with Crippen LogP contribution in [0.3, 0.4) is 0 Å². The Morgan fingerprint density at radius 1 is 1.55 bits per heavy atom. The van der Waals surface area contributed by atoms with E-state index < -0.39 is 21.0 Å². The monoisotopic (exact) mass is 314 g/mol. The number of rotatable bonds is 5. The van der Waals surface area contributed by atoms with Gasteiger partial charge in [-0.2, -0.15) is 0 Å². The van der Waals surface area contributed by atoms with E-state index >= 15 is 0 Å². The minimum absolute atomic E-state index is 0.115. The van der Waals surface area contributed by atoms with Crippen LogP contribution in [0.4, 0.5) is 0 Å². The number of amides is 1. The highest BCUT2D eigenvalue weighted by Crippen LogP contribution is 2.22. The molecule has 3 N–H and O–H groups in total. The topological polar surface area (TPSA) is 102 Å². The van der Waals surface area contributed by atoms with Crippen LogP contribution in [0, 0.1) is 0 Å². The lowest BCUT2D eigenvalue weighted by atomic mass is 10.1. The molecule has 0 aliphatic heterocycles. The van der Waals surface area contributed by atoms with Gasteiger partial charge in [-0.15, -0.1) is 11.3 Å². The summed E-state index contributed by atoms with van der Waals surface area (Å²) in [5.41, 5.74) is 0.129. The summed E-state index contributed by atoms with van der Waals surface area (Å²) in [4.78, 5) is 13.1. The van der Waals surface area contributed by atoms with Crippen LogP contribution in [-0.4, -0.2) is 14.3 Å². The van der Waals surface area contributed by atoms with E-state index in [0.29, 0.717) is 0 Å². The molecule has 2 rings (SSSR count). The molecule has 8 heteroatoms. The Labute approximate surface area is 120 Å². The lowest BCUT2D eigenvalue weighted by Crippen LogP contribution is -2.27. The minimum Gasteiger partial charge on any atom is -0.451 e. The molecule has 1 atom stereocenters. The molecule has 6 nitrogen and oxygen atoms in total. The van der Waals surface area contributed by atoms with E-state index in [-0.39, 0.29) is 11.6 Å². The minimum atomic E-state index is -3.94. The van der Waals surface area contributed by atoms with Gasteiger partial charge in [-0.05, 0) is 17.9 Å². The molecular formula is C12H14N2O4S2. The second-order valence-electron chi connectivity index (χ2n) is 4.15. The number of carbonyl (C=O) groups excluding carboxylic acids is 1. The van der Waals surface area contributed by atoms with Gasteiger partial charge in [0.05, 0.1) is 11.6 Å². The van der Waals surface area contributed by atoms with Crippen LogP contribution in [0.1, 0.15) is 34.6 Å². The maximum atomic E-state index is 12.0. The van der Waals surface area contributed by atoms with E-state index in [4.69, 9.17) is 9.56 Å². The molecule has 2 aromatic rings. The predicted octanol–water partition coefficient (Wildman–Crippen LogP) is 1.87. The van der Waals surface area contributed by atoms with Crippen LogP contribution in [0.15, 0.2) is 39.4 Å². The fourth-order valence-corrected chi connectivity index (χ4v) is 3.03. The standard InChI is InChI=1S/C12H14N2O4S2/c1-2-9(10-4-3-5-19-10)14-12(15)8-6-11(18-7-8)20(13,16)17/h3-7,9H,2H2,1H3,(H,14,15)(H2,13,16,17)/t9-/m1/s1. The van der Waals surface area contributed by atoms with E-state index in [0.717, 1.165) is 23.6 Å². The van der Waals surface area contributed by atoms with Crippen LogP contribution >= 0.6 is 11.3 Å². The highest BCUT2D eigenvalue weighted by atomic mass is 32.2. The SMILES string of the molecule is CC[C@@H](NC(=O)c1coc(S(N)(=O)=O)c1)c1cccs1. The Morgan fingerprint density at radius 3 is 2.80 bits per heavy atom. The molecular weight excluding hydrogens is 300 g/mol. The van der Waals surface area contributed by atoms with Crippen LogP contribution in [0.25, 0.3) is 0 Å². The fraction of sp³-hybridized carbons (Fsp3) is 0.250. The summed E-state index contributed by atoms with van der Waals surface area (Å²) in [5, 5.41) is 9.26. The number of primary sulfonamides is 1. The van der Waals surface area contributed by atoms with Crippen molar-refractivity contribution in [3.05, 3.63) is 40.3 Å². The van der Waals surface area contributed by atoms with Gasteiger partial charge in [0.2, 0.25) is 5.09 Å². The highest BCUT2D eigenvalue weighted by Gasteiger charge is 2.20. The Kier molecular flexibility index (Phi) is 4.26. The molecule has 0 aliphatic carbocycles. The molecule has 2 heterocycles. The molecule has 2 aromatic heterocycles.